The van der Waals surface area contributed by atoms with Crippen molar-refractivity contribution in [2.75, 3.05) is 26.3 Å². The summed E-state index contributed by atoms with van der Waals surface area (Å²) < 4.78 is 6.68. The van der Waals surface area contributed by atoms with Crippen LogP contribution in [-0.4, -0.2) is 57.0 Å². The maximum absolute atomic E-state index is 11.6. The number of morpholine rings is 1. The van der Waals surface area contributed by atoms with E-state index in [4.69, 9.17) is 9.84 Å². The van der Waals surface area contributed by atoms with Crippen molar-refractivity contribution >= 4 is 5.97 Å². The lowest BCUT2D eigenvalue weighted by molar-refractivity contribution is -0.137. The lowest BCUT2D eigenvalue weighted by Gasteiger charge is -2.31. The predicted molar refractivity (Wildman–Crippen MR) is 65.9 cm³/mol. The van der Waals surface area contributed by atoms with Crippen molar-refractivity contribution in [3.8, 4) is 0 Å². The fourth-order valence-corrected chi connectivity index (χ4v) is 2.20. The molecular formula is C11H18N4O4. The molecule has 1 aliphatic heterocycles. The Labute approximate surface area is 110 Å². The molecule has 8 nitrogen and oxygen atoms in total. The Balaban J connectivity index is 2.14. The van der Waals surface area contributed by atoms with Crippen LogP contribution in [0.5, 0.6) is 0 Å². The summed E-state index contributed by atoms with van der Waals surface area (Å²) in [5, 5.41) is 15.1. The van der Waals surface area contributed by atoms with E-state index in [1.165, 1.54) is 4.57 Å². The normalized spacial score (nSPS) is 18.4. The molecule has 19 heavy (non-hydrogen) atoms. The van der Waals surface area contributed by atoms with Crippen LogP contribution in [-0.2, 0) is 16.1 Å². The summed E-state index contributed by atoms with van der Waals surface area (Å²) in [7, 11) is 0. The van der Waals surface area contributed by atoms with Crippen LogP contribution in [0.15, 0.2) is 4.79 Å². The van der Waals surface area contributed by atoms with Gasteiger partial charge in [0.25, 0.3) is 0 Å². The molecule has 0 unspecified atom stereocenters. The van der Waals surface area contributed by atoms with E-state index in [1.807, 2.05) is 6.92 Å². The van der Waals surface area contributed by atoms with Crippen LogP contribution in [0.25, 0.3) is 0 Å². The van der Waals surface area contributed by atoms with Gasteiger partial charge in [0.05, 0.1) is 25.7 Å². The summed E-state index contributed by atoms with van der Waals surface area (Å²) in [6.45, 7) is 4.97. The number of carboxylic acid groups (broad SMARTS) is 1. The Kier molecular flexibility index (Phi) is 4.33. The van der Waals surface area contributed by atoms with E-state index in [-0.39, 0.29) is 24.7 Å². The smallest absolute Gasteiger partial charge is 0.343 e. The van der Waals surface area contributed by atoms with Crippen molar-refractivity contribution in [3.63, 3.8) is 0 Å². The zero-order valence-corrected chi connectivity index (χ0v) is 10.8. The number of aromatic nitrogens is 3. The average Bonchev–Trinajstić information content (AvgIpc) is 2.78. The third-order valence-corrected chi connectivity index (χ3v) is 3.30. The van der Waals surface area contributed by atoms with Gasteiger partial charge in [-0.15, -0.1) is 0 Å². The van der Waals surface area contributed by atoms with Gasteiger partial charge in [0, 0.05) is 19.6 Å². The van der Waals surface area contributed by atoms with Crippen LogP contribution in [0.3, 0.4) is 0 Å². The number of hydrogen-bond donors (Lipinski definition) is 2. The van der Waals surface area contributed by atoms with Crippen LogP contribution in [0.1, 0.15) is 25.2 Å². The summed E-state index contributed by atoms with van der Waals surface area (Å²) >= 11 is 0. The highest BCUT2D eigenvalue weighted by atomic mass is 16.5. The number of aliphatic carboxylic acids is 1. The summed E-state index contributed by atoms with van der Waals surface area (Å²) in [5.74, 6) is -0.355. The first-order valence-electron chi connectivity index (χ1n) is 6.28. The molecule has 1 saturated heterocycles. The molecule has 0 bridgehead atoms. The van der Waals surface area contributed by atoms with E-state index >= 15 is 0 Å². The van der Waals surface area contributed by atoms with E-state index in [0.29, 0.717) is 19.0 Å². The van der Waals surface area contributed by atoms with Crippen molar-refractivity contribution in [1.82, 2.24) is 19.7 Å². The molecule has 106 valence electrons. The van der Waals surface area contributed by atoms with Gasteiger partial charge in [-0.2, -0.15) is 5.10 Å². The summed E-state index contributed by atoms with van der Waals surface area (Å²) in [6, 6.07) is -0.0448. The lowest BCUT2D eigenvalue weighted by atomic mass is 10.2. The number of aromatic amines is 1. The molecule has 2 rings (SSSR count). The van der Waals surface area contributed by atoms with Crippen LogP contribution in [0.2, 0.25) is 0 Å². The minimum Gasteiger partial charge on any atom is -0.481 e. The van der Waals surface area contributed by atoms with Crippen molar-refractivity contribution < 1.29 is 14.6 Å². The standard InChI is InChI=1S/C11H18N4O4/c1-8(14-4-6-19-7-5-14)10-12-13-11(18)15(10)3-2-9(16)17/h8H,2-7H2,1H3,(H,13,18)(H,16,17)/t8-/m1/s1. The molecule has 0 spiro atoms. The van der Waals surface area contributed by atoms with E-state index in [1.54, 1.807) is 0 Å². The minimum atomic E-state index is -0.932. The second kappa shape index (κ2) is 5.98. The Morgan fingerprint density at radius 3 is 2.84 bits per heavy atom. The van der Waals surface area contributed by atoms with Crippen LogP contribution < -0.4 is 5.69 Å². The molecule has 0 amide bonds. The van der Waals surface area contributed by atoms with Gasteiger partial charge in [0.15, 0.2) is 5.82 Å². The van der Waals surface area contributed by atoms with Gasteiger partial charge in [0.1, 0.15) is 0 Å². The Morgan fingerprint density at radius 1 is 1.53 bits per heavy atom. The summed E-state index contributed by atoms with van der Waals surface area (Å²) in [6.07, 6.45) is -0.0950. The minimum absolute atomic E-state index is 0.0448. The number of ether oxygens (including phenoxy) is 1. The highest BCUT2D eigenvalue weighted by molar-refractivity contribution is 5.66. The Hall–Kier alpha value is -1.67. The first kappa shape index (κ1) is 13.8. The van der Waals surface area contributed by atoms with Gasteiger partial charge in [-0.3, -0.25) is 14.3 Å². The Bertz CT molecular complexity index is 489. The second-order valence-corrected chi connectivity index (χ2v) is 4.51. The second-order valence-electron chi connectivity index (χ2n) is 4.51. The monoisotopic (exact) mass is 270 g/mol. The third kappa shape index (κ3) is 3.21. The maximum Gasteiger partial charge on any atom is 0.343 e. The molecule has 0 aromatic carbocycles. The first-order chi connectivity index (χ1) is 9.09. The molecule has 1 aromatic rings. The fourth-order valence-electron chi connectivity index (χ4n) is 2.20. The van der Waals surface area contributed by atoms with E-state index in [9.17, 15) is 9.59 Å². The van der Waals surface area contributed by atoms with Crippen molar-refractivity contribution in [1.29, 1.82) is 0 Å². The molecular weight excluding hydrogens is 252 g/mol. The molecule has 1 atom stereocenters. The van der Waals surface area contributed by atoms with Crippen LogP contribution in [0.4, 0.5) is 0 Å². The number of carbonyl (C=O) groups is 1. The molecule has 2 heterocycles. The van der Waals surface area contributed by atoms with Gasteiger partial charge in [-0.1, -0.05) is 0 Å². The molecule has 1 aromatic heterocycles. The largest absolute Gasteiger partial charge is 0.481 e. The third-order valence-electron chi connectivity index (χ3n) is 3.30. The molecule has 1 aliphatic rings. The van der Waals surface area contributed by atoms with Crippen molar-refractivity contribution in [2.24, 2.45) is 0 Å². The van der Waals surface area contributed by atoms with Gasteiger partial charge in [0.2, 0.25) is 0 Å². The maximum atomic E-state index is 11.6. The van der Waals surface area contributed by atoms with Crippen molar-refractivity contribution in [3.05, 3.63) is 16.3 Å². The first-order valence-corrected chi connectivity index (χ1v) is 6.28. The lowest BCUT2D eigenvalue weighted by Crippen LogP contribution is -2.39. The number of rotatable bonds is 5. The van der Waals surface area contributed by atoms with Crippen LogP contribution >= 0.6 is 0 Å². The number of nitrogens with one attached hydrogen (secondary N) is 1. The fraction of sp³-hybridized carbons (Fsp3) is 0.727. The molecule has 0 aliphatic carbocycles. The molecule has 8 heteroatoms. The van der Waals surface area contributed by atoms with Crippen LogP contribution in [0, 0.1) is 0 Å². The zero-order valence-electron chi connectivity index (χ0n) is 10.8. The summed E-state index contributed by atoms with van der Waals surface area (Å²) in [4.78, 5) is 24.4. The van der Waals surface area contributed by atoms with E-state index < -0.39 is 5.97 Å². The number of nitrogens with zero attached hydrogens (tertiary/aromatic N) is 3. The SMILES string of the molecule is C[C@H](c1n[nH]c(=O)n1CCC(=O)O)N1CCOCC1. The molecule has 0 saturated carbocycles. The number of H-pyrrole nitrogens is 1. The van der Waals surface area contributed by atoms with E-state index in [0.717, 1.165) is 13.1 Å². The van der Waals surface area contributed by atoms with Gasteiger partial charge < -0.3 is 9.84 Å². The van der Waals surface area contributed by atoms with Gasteiger partial charge >= 0.3 is 11.7 Å². The van der Waals surface area contributed by atoms with Crippen molar-refractivity contribution in [2.45, 2.75) is 25.9 Å². The molecule has 2 N–H and O–H groups in total. The highest BCUT2D eigenvalue weighted by Crippen LogP contribution is 2.18. The topological polar surface area (TPSA) is 100 Å². The number of hydrogen-bond acceptors (Lipinski definition) is 5. The quantitative estimate of drug-likeness (QED) is 0.744. The molecule has 1 fully saturated rings. The number of carboxylic acids is 1. The predicted octanol–water partition coefficient (Wildman–Crippen LogP) is -0.561. The van der Waals surface area contributed by atoms with E-state index in [2.05, 4.69) is 15.1 Å². The summed E-state index contributed by atoms with van der Waals surface area (Å²) in [5.41, 5.74) is -0.364. The van der Waals surface area contributed by atoms with Gasteiger partial charge in [-0.05, 0) is 6.92 Å². The van der Waals surface area contributed by atoms with Gasteiger partial charge in [-0.25, -0.2) is 9.89 Å². The molecule has 0 radical (unpaired) electrons. The average molecular weight is 270 g/mol. The highest BCUT2D eigenvalue weighted by Gasteiger charge is 2.23. The Morgan fingerprint density at radius 2 is 2.21 bits per heavy atom. The zero-order chi connectivity index (χ0) is 13.8.